The zero-order valence-corrected chi connectivity index (χ0v) is 6.99. The maximum Gasteiger partial charge on any atom is 0.233 e. The van der Waals surface area contributed by atoms with Crippen LogP contribution in [0.4, 0.5) is 5.69 Å². The van der Waals surface area contributed by atoms with Crippen molar-refractivity contribution in [2.75, 3.05) is 5.32 Å². The second-order valence-electron chi connectivity index (χ2n) is 2.56. The Morgan fingerprint density at radius 1 is 1.23 bits per heavy atom. The standard InChI is InChI=1S/C9H10N2O2/c10-8(12)6-9(13)11-7-4-2-1-3-5-7/h1-5H,6H2,(H2,10,12)(H,11,13). The average molecular weight is 178 g/mol. The Kier molecular flexibility index (Phi) is 3.03. The molecular weight excluding hydrogens is 168 g/mol. The third-order valence-electron chi connectivity index (χ3n) is 1.39. The number of hydrogen-bond donors (Lipinski definition) is 2. The molecule has 2 amide bonds. The molecule has 68 valence electrons. The van der Waals surface area contributed by atoms with Gasteiger partial charge >= 0.3 is 0 Å². The van der Waals surface area contributed by atoms with E-state index in [2.05, 4.69) is 5.32 Å². The predicted molar refractivity (Wildman–Crippen MR) is 48.9 cm³/mol. The zero-order valence-electron chi connectivity index (χ0n) is 6.99. The van der Waals surface area contributed by atoms with Crippen molar-refractivity contribution in [3.05, 3.63) is 30.3 Å². The van der Waals surface area contributed by atoms with Crippen molar-refractivity contribution in [3.8, 4) is 0 Å². The van der Waals surface area contributed by atoms with E-state index < -0.39 is 11.8 Å². The van der Waals surface area contributed by atoms with Crippen LogP contribution in [0.2, 0.25) is 0 Å². The van der Waals surface area contributed by atoms with Crippen LogP contribution in [0.5, 0.6) is 0 Å². The van der Waals surface area contributed by atoms with Crippen molar-refractivity contribution in [2.45, 2.75) is 6.42 Å². The number of benzene rings is 1. The second kappa shape index (κ2) is 4.25. The summed E-state index contributed by atoms with van der Waals surface area (Å²) in [6.07, 6.45) is -0.283. The quantitative estimate of drug-likeness (QED) is 0.661. The first-order valence-corrected chi connectivity index (χ1v) is 3.81. The molecule has 0 aromatic heterocycles. The number of nitrogens with one attached hydrogen (secondary N) is 1. The lowest BCUT2D eigenvalue weighted by molar-refractivity contribution is -0.124. The van der Waals surface area contributed by atoms with E-state index in [9.17, 15) is 9.59 Å². The Hall–Kier alpha value is -1.84. The number of anilines is 1. The van der Waals surface area contributed by atoms with Crippen LogP contribution < -0.4 is 11.1 Å². The summed E-state index contributed by atoms with van der Waals surface area (Å²) in [6.45, 7) is 0. The lowest BCUT2D eigenvalue weighted by Gasteiger charge is -2.01. The van der Waals surface area contributed by atoms with Crippen LogP contribution in [0.25, 0.3) is 0 Å². The summed E-state index contributed by atoms with van der Waals surface area (Å²) >= 11 is 0. The minimum atomic E-state index is -0.631. The molecule has 0 atom stereocenters. The molecule has 4 heteroatoms. The van der Waals surface area contributed by atoms with Crippen LogP contribution in [0.1, 0.15) is 6.42 Å². The van der Waals surface area contributed by atoms with Gasteiger partial charge in [0.05, 0.1) is 0 Å². The highest BCUT2D eigenvalue weighted by atomic mass is 16.2. The zero-order chi connectivity index (χ0) is 9.68. The van der Waals surface area contributed by atoms with Gasteiger partial charge in [0.2, 0.25) is 11.8 Å². The first-order valence-electron chi connectivity index (χ1n) is 3.81. The van der Waals surface area contributed by atoms with Crippen LogP contribution in [0.3, 0.4) is 0 Å². The molecule has 0 heterocycles. The predicted octanol–water partition coefficient (Wildman–Crippen LogP) is 0.500. The highest BCUT2D eigenvalue weighted by Gasteiger charge is 2.04. The first-order chi connectivity index (χ1) is 6.18. The molecule has 0 unspecified atom stereocenters. The Bertz CT molecular complexity index is 309. The van der Waals surface area contributed by atoms with Gasteiger partial charge in [-0.15, -0.1) is 0 Å². The molecule has 0 saturated heterocycles. The van der Waals surface area contributed by atoms with E-state index in [1.807, 2.05) is 6.07 Å². The Labute approximate surface area is 75.7 Å². The molecular formula is C9H10N2O2. The largest absolute Gasteiger partial charge is 0.369 e. The highest BCUT2D eigenvalue weighted by molar-refractivity contribution is 6.02. The molecule has 0 fully saturated rings. The van der Waals surface area contributed by atoms with Crippen LogP contribution >= 0.6 is 0 Å². The Morgan fingerprint density at radius 3 is 2.38 bits per heavy atom. The molecule has 3 N–H and O–H groups in total. The summed E-state index contributed by atoms with van der Waals surface area (Å²) < 4.78 is 0. The number of carbonyl (C=O) groups is 2. The van der Waals surface area contributed by atoms with Gasteiger partial charge in [-0.2, -0.15) is 0 Å². The van der Waals surface area contributed by atoms with Crippen LogP contribution in [-0.2, 0) is 9.59 Å². The molecule has 0 aliphatic rings. The fourth-order valence-electron chi connectivity index (χ4n) is 0.885. The first kappa shape index (κ1) is 9.25. The topological polar surface area (TPSA) is 72.2 Å². The number of para-hydroxylation sites is 1. The Morgan fingerprint density at radius 2 is 1.85 bits per heavy atom. The van der Waals surface area contributed by atoms with E-state index in [1.54, 1.807) is 24.3 Å². The summed E-state index contributed by atoms with van der Waals surface area (Å²) in [6, 6.07) is 8.89. The molecule has 13 heavy (non-hydrogen) atoms. The van der Waals surface area contributed by atoms with Crippen LogP contribution in [0, 0.1) is 0 Å². The molecule has 0 aliphatic carbocycles. The van der Waals surface area contributed by atoms with Gasteiger partial charge in [-0.3, -0.25) is 9.59 Å². The molecule has 0 saturated carbocycles. The molecule has 1 aromatic carbocycles. The average Bonchev–Trinajstić information content (AvgIpc) is 2.04. The summed E-state index contributed by atoms with van der Waals surface area (Å²) in [5, 5.41) is 2.53. The van der Waals surface area contributed by atoms with Crippen LogP contribution in [-0.4, -0.2) is 11.8 Å². The fraction of sp³-hybridized carbons (Fsp3) is 0.111. The fourth-order valence-corrected chi connectivity index (χ4v) is 0.885. The van der Waals surface area contributed by atoms with Gasteiger partial charge in [0.15, 0.2) is 0 Å². The van der Waals surface area contributed by atoms with E-state index in [1.165, 1.54) is 0 Å². The highest BCUT2D eigenvalue weighted by Crippen LogP contribution is 2.04. The van der Waals surface area contributed by atoms with Gasteiger partial charge in [-0.25, -0.2) is 0 Å². The van der Waals surface area contributed by atoms with Gasteiger partial charge < -0.3 is 11.1 Å². The molecule has 0 bridgehead atoms. The van der Waals surface area contributed by atoms with Gasteiger partial charge in [0.1, 0.15) is 6.42 Å². The van der Waals surface area contributed by atoms with E-state index in [0.717, 1.165) is 0 Å². The van der Waals surface area contributed by atoms with E-state index in [0.29, 0.717) is 5.69 Å². The summed E-state index contributed by atoms with van der Waals surface area (Å²) in [7, 11) is 0. The van der Waals surface area contributed by atoms with Crippen molar-refractivity contribution < 1.29 is 9.59 Å². The van der Waals surface area contributed by atoms with Gasteiger partial charge in [0, 0.05) is 5.69 Å². The smallest absolute Gasteiger partial charge is 0.233 e. The molecule has 1 aromatic rings. The minimum absolute atomic E-state index is 0.283. The third kappa shape index (κ3) is 3.37. The monoisotopic (exact) mass is 178 g/mol. The molecule has 0 aliphatic heterocycles. The Balaban J connectivity index is 2.50. The van der Waals surface area contributed by atoms with E-state index in [-0.39, 0.29) is 6.42 Å². The van der Waals surface area contributed by atoms with Crippen molar-refractivity contribution in [2.24, 2.45) is 5.73 Å². The van der Waals surface area contributed by atoms with Gasteiger partial charge in [-0.05, 0) is 12.1 Å². The maximum absolute atomic E-state index is 11.0. The number of nitrogens with two attached hydrogens (primary N) is 1. The maximum atomic E-state index is 11.0. The number of amides is 2. The van der Waals surface area contributed by atoms with Crippen molar-refractivity contribution in [1.29, 1.82) is 0 Å². The molecule has 4 nitrogen and oxygen atoms in total. The molecule has 0 radical (unpaired) electrons. The second-order valence-corrected chi connectivity index (χ2v) is 2.56. The third-order valence-corrected chi connectivity index (χ3v) is 1.39. The molecule has 1 rings (SSSR count). The minimum Gasteiger partial charge on any atom is -0.369 e. The van der Waals surface area contributed by atoms with Crippen molar-refractivity contribution >= 4 is 17.5 Å². The normalized spacial score (nSPS) is 9.23. The van der Waals surface area contributed by atoms with E-state index >= 15 is 0 Å². The number of hydrogen-bond acceptors (Lipinski definition) is 2. The van der Waals surface area contributed by atoms with E-state index in [4.69, 9.17) is 5.73 Å². The van der Waals surface area contributed by atoms with Crippen LogP contribution in [0.15, 0.2) is 30.3 Å². The summed E-state index contributed by atoms with van der Waals surface area (Å²) in [5.41, 5.74) is 5.51. The number of primary amides is 1. The van der Waals surface area contributed by atoms with Gasteiger partial charge in [0.25, 0.3) is 0 Å². The lowest BCUT2D eigenvalue weighted by Crippen LogP contribution is -2.21. The SMILES string of the molecule is NC(=O)CC(=O)Nc1ccccc1. The molecule has 0 spiro atoms. The summed E-state index contributed by atoms with van der Waals surface area (Å²) in [4.78, 5) is 21.4. The van der Waals surface area contributed by atoms with Crippen molar-refractivity contribution in [1.82, 2.24) is 0 Å². The lowest BCUT2D eigenvalue weighted by atomic mass is 10.3. The number of rotatable bonds is 3. The summed E-state index contributed by atoms with van der Waals surface area (Å²) in [5.74, 6) is -1.02. The van der Waals surface area contributed by atoms with Gasteiger partial charge in [-0.1, -0.05) is 18.2 Å². The van der Waals surface area contributed by atoms with Crippen molar-refractivity contribution in [3.63, 3.8) is 0 Å². The number of carbonyl (C=O) groups excluding carboxylic acids is 2.